The first kappa shape index (κ1) is 15.4. The van der Waals surface area contributed by atoms with Crippen molar-refractivity contribution in [1.82, 2.24) is 4.72 Å². The van der Waals surface area contributed by atoms with Crippen molar-refractivity contribution in [3.8, 4) is 0 Å². The van der Waals surface area contributed by atoms with Gasteiger partial charge in [0.2, 0.25) is 10.0 Å². The van der Waals surface area contributed by atoms with Crippen molar-refractivity contribution in [2.75, 3.05) is 13.2 Å². The van der Waals surface area contributed by atoms with Crippen molar-refractivity contribution in [3.63, 3.8) is 0 Å². The molecule has 1 unspecified atom stereocenters. The van der Waals surface area contributed by atoms with Crippen LogP contribution in [0.5, 0.6) is 0 Å². The molecule has 0 aromatic heterocycles. The van der Waals surface area contributed by atoms with Crippen molar-refractivity contribution < 1.29 is 13.2 Å². The Morgan fingerprint density at radius 1 is 1.32 bits per heavy atom. The molecule has 1 aromatic carbocycles. The zero-order chi connectivity index (χ0) is 13.9. The summed E-state index contributed by atoms with van der Waals surface area (Å²) in [6.45, 7) is 1.04. The topological polar surface area (TPSA) is 55.4 Å². The van der Waals surface area contributed by atoms with Gasteiger partial charge in [0, 0.05) is 22.1 Å². The van der Waals surface area contributed by atoms with Crippen LogP contribution in [-0.4, -0.2) is 27.7 Å². The van der Waals surface area contributed by atoms with Crippen LogP contribution in [0.15, 0.2) is 32.0 Å². The van der Waals surface area contributed by atoms with E-state index in [0.29, 0.717) is 17.6 Å². The number of ether oxygens (including phenoxy) is 1. The maximum absolute atomic E-state index is 12.2. The van der Waals surface area contributed by atoms with Gasteiger partial charge in [-0.1, -0.05) is 15.9 Å². The van der Waals surface area contributed by atoms with E-state index in [4.69, 9.17) is 4.74 Å². The normalized spacial score (nSPS) is 20.4. The summed E-state index contributed by atoms with van der Waals surface area (Å²) >= 11 is 6.54. The molecule has 0 saturated carbocycles. The van der Waals surface area contributed by atoms with Crippen LogP contribution in [-0.2, 0) is 14.8 Å². The summed E-state index contributed by atoms with van der Waals surface area (Å²) in [6.07, 6.45) is 3.03. The quantitative estimate of drug-likeness (QED) is 0.826. The van der Waals surface area contributed by atoms with E-state index >= 15 is 0 Å². The highest BCUT2D eigenvalue weighted by Crippen LogP contribution is 2.25. The average Bonchev–Trinajstić information content (AvgIpc) is 2.40. The van der Waals surface area contributed by atoms with Crippen LogP contribution in [0, 0.1) is 0 Å². The number of hydrogen-bond donors (Lipinski definition) is 1. The largest absolute Gasteiger partial charge is 0.377 e. The van der Waals surface area contributed by atoms with Gasteiger partial charge in [-0.15, -0.1) is 0 Å². The molecule has 1 N–H and O–H groups in total. The number of benzene rings is 1. The summed E-state index contributed by atoms with van der Waals surface area (Å²) in [5.41, 5.74) is 0. The second-order valence-corrected chi connectivity index (χ2v) is 7.92. The first-order chi connectivity index (χ1) is 8.99. The summed E-state index contributed by atoms with van der Waals surface area (Å²) < 4.78 is 33.9. The lowest BCUT2D eigenvalue weighted by molar-refractivity contribution is 0.0200. The minimum absolute atomic E-state index is 0.0190. The molecule has 1 fully saturated rings. The molecule has 19 heavy (non-hydrogen) atoms. The minimum Gasteiger partial charge on any atom is -0.377 e. The average molecular weight is 413 g/mol. The molecule has 1 aromatic rings. The van der Waals surface area contributed by atoms with Crippen LogP contribution in [0.2, 0.25) is 0 Å². The van der Waals surface area contributed by atoms with Crippen LogP contribution in [0.4, 0.5) is 0 Å². The van der Waals surface area contributed by atoms with E-state index in [1.165, 1.54) is 0 Å². The molecule has 7 heteroatoms. The van der Waals surface area contributed by atoms with Gasteiger partial charge >= 0.3 is 0 Å². The molecule has 1 aliphatic rings. The van der Waals surface area contributed by atoms with Gasteiger partial charge in [-0.2, -0.15) is 0 Å². The highest BCUT2D eigenvalue weighted by atomic mass is 79.9. The summed E-state index contributed by atoms with van der Waals surface area (Å²) in [6, 6.07) is 5.07. The summed E-state index contributed by atoms with van der Waals surface area (Å²) in [5.74, 6) is 0. The fourth-order valence-electron chi connectivity index (χ4n) is 1.93. The van der Waals surface area contributed by atoms with Gasteiger partial charge in [0.05, 0.1) is 11.0 Å². The molecule has 0 radical (unpaired) electrons. The third-order valence-corrected chi connectivity index (χ3v) is 5.87. The summed E-state index contributed by atoms with van der Waals surface area (Å²) in [4.78, 5) is 0.234. The Balaban J connectivity index is 2.07. The van der Waals surface area contributed by atoms with Gasteiger partial charge in [0.1, 0.15) is 0 Å². The van der Waals surface area contributed by atoms with Crippen molar-refractivity contribution in [3.05, 3.63) is 27.1 Å². The second kappa shape index (κ2) is 6.67. The zero-order valence-electron chi connectivity index (χ0n) is 10.2. The number of hydrogen-bond acceptors (Lipinski definition) is 3. The van der Waals surface area contributed by atoms with Crippen molar-refractivity contribution in [2.45, 2.75) is 30.3 Å². The Morgan fingerprint density at radius 2 is 2.11 bits per heavy atom. The van der Waals surface area contributed by atoms with E-state index < -0.39 is 10.0 Å². The summed E-state index contributed by atoms with van der Waals surface area (Å²) in [7, 11) is -3.52. The number of rotatable bonds is 4. The molecular formula is C12H15Br2NO3S. The molecule has 0 amide bonds. The maximum atomic E-state index is 12.2. The monoisotopic (exact) mass is 411 g/mol. The molecule has 0 spiro atoms. The molecule has 0 bridgehead atoms. The van der Waals surface area contributed by atoms with Crippen LogP contribution in [0.3, 0.4) is 0 Å². The second-order valence-electron chi connectivity index (χ2n) is 4.42. The Morgan fingerprint density at radius 3 is 2.79 bits per heavy atom. The SMILES string of the molecule is O=S(=O)(NCC1CCCCO1)c1cc(Br)ccc1Br. The van der Waals surface area contributed by atoms with Crippen molar-refractivity contribution in [1.29, 1.82) is 0 Å². The Kier molecular flexibility index (Phi) is 5.42. The number of sulfonamides is 1. The highest BCUT2D eigenvalue weighted by molar-refractivity contribution is 9.11. The first-order valence-corrected chi connectivity index (χ1v) is 9.12. The number of nitrogens with one attached hydrogen (secondary N) is 1. The molecule has 2 rings (SSSR count). The molecule has 1 atom stereocenters. The van der Waals surface area contributed by atoms with E-state index in [1.807, 2.05) is 0 Å². The molecular weight excluding hydrogens is 398 g/mol. The standard InChI is InChI=1S/C12H15Br2NO3S/c13-9-4-5-11(14)12(7-9)19(16,17)15-8-10-3-1-2-6-18-10/h4-5,7,10,15H,1-3,6,8H2. The van der Waals surface area contributed by atoms with Crippen molar-refractivity contribution in [2.24, 2.45) is 0 Å². The van der Waals surface area contributed by atoms with Crippen LogP contribution in [0.1, 0.15) is 19.3 Å². The predicted octanol–water partition coefficient (Wildman–Crippen LogP) is 3.06. The Labute approximate surface area is 130 Å². The predicted molar refractivity (Wildman–Crippen MR) is 80.6 cm³/mol. The van der Waals surface area contributed by atoms with Crippen molar-refractivity contribution >= 4 is 41.9 Å². The lowest BCUT2D eigenvalue weighted by atomic mass is 10.1. The number of halogens is 2. The lowest BCUT2D eigenvalue weighted by Gasteiger charge is -2.22. The third kappa shape index (κ3) is 4.26. The van der Waals surface area contributed by atoms with E-state index in [1.54, 1.807) is 18.2 Å². The third-order valence-electron chi connectivity index (χ3n) is 2.96. The van der Waals surface area contributed by atoms with Crippen LogP contribution in [0.25, 0.3) is 0 Å². The van der Waals surface area contributed by atoms with E-state index in [9.17, 15) is 8.42 Å². The van der Waals surface area contributed by atoms with Crippen LogP contribution >= 0.6 is 31.9 Å². The van der Waals surface area contributed by atoms with Gasteiger partial charge < -0.3 is 4.74 Å². The van der Waals surface area contributed by atoms with Gasteiger partial charge in [-0.05, 0) is 53.4 Å². The molecule has 1 saturated heterocycles. The lowest BCUT2D eigenvalue weighted by Crippen LogP contribution is -2.35. The highest BCUT2D eigenvalue weighted by Gasteiger charge is 2.21. The molecule has 106 valence electrons. The van der Waals surface area contributed by atoms with E-state index in [-0.39, 0.29) is 11.0 Å². The van der Waals surface area contributed by atoms with Gasteiger partial charge in [-0.25, -0.2) is 13.1 Å². The molecule has 1 aliphatic heterocycles. The van der Waals surface area contributed by atoms with E-state index in [0.717, 1.165) is 23.7 Å². The first-order valence-electron chi connectivity index (χ1n) is 6.05. The smallest absolute Gasteiger partial charge is 0.241 e. The molecule has 0 aliphatic carbocycles. The minimum atomic E-state index is -3.52. The maximum Gasteiger partial charge on any atom is 0.241 e. The zero-order valence-corrected chi connectivity index (χ0v) is 14.2. The van der Waals surface area contributed by atoms with Crippen LogP contribution < -0.4 is 4.72 Å². The molecule has 4 nitrogen and oxygen atoms in total. The van der Waals surface area contributed by atoms with Gasteiger partial charge in [0.25, 0.3) is 0 Å². The Bertz CT molecular complexity index is 542. The molecule has 1 heterocycles. The Hall–Kier alpha value is 0.0500. The van der Waals surface area contributed by atoms with Gasteiger partial charge in [-0.3, -0.25) is 0 Å². The van der Waals surface area contributed by atoms with E-state index in [2.05, 4.69) is 36.6 Å². The summed E-state index contributed by atoms with van der Waals surface area (Å²) in [5, 5.41) is 0. The fourth-order valence-corrected chi connectivity index (χ4v) is 4.50. The fraction of sp³-hybridized carbons (Fsp3) is 0.500. The van der Waals surface area contributed by atoms with Gasteiger partial charge in [0.15, 0.2) is 0 Å².